The topological polar surface area (TPSA) is 119 Å². The molecule has 0 aromatic carbocycles. The predicted octanol–water partition coefficient (Wildman–Crippen LogP) is 1.17. The first-order chi connectivity index (χ1) is 11.6. The molecule has 0 radical (unpaired) electrons. The number of carboxylic acid groups (broad SMARTS) is 1. The normalized spacial score (nSPS) is 13.4. The van der Waals surface area contributed by atoms with E-state index < -0.39 is 30.1 Å². The van der Waals surface area contributed by atoms with Crippen LogP contribution in [0.4, 0.5) is 0 Å². The van der Waals surface area contributed by atoms with E-state index in [1.54, 1.807) is 34.7 Å². The number of carboxylic acids is 1. The fourth-order valence-electron chi connectivity index (χ4n) is 2.01. The molecule has 0 heterocycles. The number of hydrogen-bond acceptors (Lipinski definition) is 7. The van der Waals surface area contributed by atoms with E-state index in [4.69, 9.17) is 14.6 Å². The van der Waals surface area contributed by atoms with E-state index in [1.165, 1.54) is 0 Å². The van der Waals surface area contributed by atoms with E-state index in [0.717, 1.165) is 0 Å². The number of esters is 2. The van der Waals surface area contributed by atoms with Gasteiger partial charge in [-0.2, -0.15) is 0 Å². The molecule has 0 bridgehead atoms. The van der Waals surface area contributed by atoms with E-state index >= 15 is 0 Å². The maximum Gasteiger partial charge on any atom is 0.313 e. The van der Waals surface area contributed by atoms with Crippen LogP contribution in [0.3, 0.4) is 0 Å². The summed E-state index contributed by atoms with van der Waals surface area (Å²) in [5.41, 5.74) is 0. The molecule has 0 fully saturated rings. The Morgan fingerprint density at radius 1 is 0.880 bits per heavy atom. The van der Waals surface area contributed by atoms with E-state index in [1.807, 2.05) is 0 Å². The Kier molecular flexibility index (Phi) is 10.7. The van der Waals surface area contributed by atoms with E-state index in [2.05, 4.69) is 5.32 Å². The highest BCUT2D eigenvalue weighted by Crippen LogP contribution is 2.17. The van der Waals surface area contributed by atoms with E-state index in [0.29, 0.717) is 0 Å². The molecule has 0 saturated heterocycles. The molecule has 8 heteroatoms. The van der Waals surface area contributed by atoms with Crippen molar-refractivity contribution < 1.29 is 33.8 Å². The minimum atomic E-state index is -1.05. The van der Waals surface area contributed by atoms with Crippen LogP contribution >= 0.6 is 0 Å². The monoisotopic (exact) mass is 359 g/mol. The Labute approximate surface area is 148 Å². The smallest absolute Gasteiger partial charge is 0.313 e. The van der Waals surface area contributed by atoms with Crippen LogP contribution < -0.4 is 5.32 Å². The van der Waals surface area contributed by atoms with Crippen LogP contribution in [0.15, 0.2) is 0 Å². The van der Waals surface area contributed by atoms with Crippen molar-refractivity contribution in [3.05, 3.63) is 0 Å². The number of likely N-dealkylation sites (N-methyl/N-ethyl adjacent to an activating group) is 1. The van der Waals surface area contributed by atoms with Crippen LogP contribution in [0, 0.1) is 11.8 Å². The third kappa shape index (κ3) is 10.5. The summed E-state index contributed by atoms with van der Waals surface area (Å²) in [4.78, 5) is 46.1. The number of carbonyl (C=O) groups is 4. The van der Waals surface area contributed by atoms with Gasteiger partial charge >= 0.3 is 17.9 Å². The fraction of sp³-hybridized carbons (Fsp3) is 0.765. The lowest BCUT2D eigenvalue weighted by Gasteiger charge is -2.24. The maximum atomic E-state index is 12.1. The Morgan fingerprint density at radius 2 is 1.36 bits per heavy atom. The molecule has 0 aliphatic rings. The van der Waals surface area contributed by atoms with Gasteiger partial charge in [0.05, 0.1) is 19.4 Å². The Balaban J connectivity index is 4.68. The second kappa shape index (κ2) is 11.6. The van der Waals surface area contributed by atoms with E-state index in [9.17, 15) is 19.2 Å². The molecular weight excluding hydrogens is 330 g/mol. The van der Waals surface area contributed by atoms with Gasteiger partial charge in [-0.05, 0) is 18.9 Å². The molecule has 2 atom stereocenters. The Hall–Kier alpha value is -1.96. The highest BCUT2D eigenvalue weighted by atomic mass is 16.6. The number of hydrogen-bond donors (Lipinski definition) is 2. The first kappa shape index (κ1) is 23.0. The molecule has 8 nitrogen and oxygen atoms in total. The number of nitrogens with one attached hydrogen (secondary N) is 1. The van der Waals surface area contributed by atoms with Crippen LogP contribution in [-0.2, 0) is 28.7 Å². The van der Waals surface area contributed by atoms with Crippen molar-refractivity contribution in [3.8, 4) is 0 Å². The van der Waals surface area contributed by atoms with Crippen LogP contribution in [0.2, 0.25) is 0 Å². The van der Waals surface area contributed by atoms with Gasteiger partial charge in [-0.1, -0.05) is 27.7 Å². The molecular formula is C17H29NO7. The lowest BCUT2D eigenvalue weighted by Crippen LogP contribution is -2.32. The number of ketones is 1. The Morgan fingerprint density at radius 3 is 1.80 bits per heavy atom. The average molecular weight is 359 g/mol. The molecule has 0 unspecified atom stereocenters. The first-order valence-electron chi connectivity index (χ1n) is 8.33. The molecule has 144 valence electrons. The van der Waals surface area contributed by atoms with Crippen molar-refractivity contribution in [3.63, 3.8) is 0 Å². The van der Waals surface area contributed by atoms with Crippen LogP contribution in [0.1, 0.15) is 47.0 Å². The quantitative estimate of drug-likeness (QED) is 0.394. The third-order valence-corrected chi connectivity index (χ3v) is 3.51. The summed E-state index contributed by atoms with van der Waals surface area (Å²) in [5.74, 6) is -3.00. The fourth-order valence-corrected chi connectivity index (χ4v) is 2.01. The molecule has 0 amide bonds. The number of Topliss-reactive ketones (excluding diaryl/α,β-unsaturated/α-hetero) is 1. The second-order valence-electron chi connectivity index (χ2n) is 6.59. The summed E-state index contributed by atoms with van der Waals surface area (Å²) in [6.45, 7) is 7.13. The zero-order chi connectivity index (χ0) is 19.6. The van der Waals surface area contributed by atoms with Gasteiger partial charge in [-0.25, -0.2) is 0 Å². The summed E-state index contributed by atoms with van der Waals surface area (Å²) in [7, 11) is 1.60. The molecule has 0 saturated carbocycles. The van der Waals surface area contributed by atoms with Crippen LogP contribution in [0.5, 0.6) is 0 Å². The first-order valence-corrected chi connectivity index (χ1v) is 8.33. The number of rotatable bonds is 12. The standard InChI is InChI=1S/C17H29NO7/c1-10(2)13(7-15(20)21)24-17(23)8-14(11(3)4)25-16(22)6-12(19)9-18-5/h10-11,13-14,18H,6-9H2,1-5H3,(H,20,21)/t13-,14-/m0/s1. The molecule has 0 aliphatic heterocycles. The van der Waals surface area contributed by atoms with E-state index in [-0.39, 0.29) is 43.4 Å². The number of aliphatic carboxylic acids is 1. The zero-order valence-electron chi connectivity index (χ0n) is 15.5. The average Bonchev–Trinajstić information content (AvgIpc) is 2.45. The van der Waals surface area contributed by atoms with Gasteiger partial charge in [-0.3, -0.25) is 19.2 Å². The molecule has 0 aromatic rings. The summed E-state index contributed by atoms with van der Waals surface area (Å²) in [5, 5.41) is 11.5. The lowest BCUT2D eigenvalue weighted by molar-refractivity contribution is -0.162. The van der Waals surface area contributed by atoms with Crippen molar-refractivity contribution >= 4 is 23.7 Å². The van der Waals surface area contributed by atoms with Crippen molar-refractivity contribution in [2.75, 3.05) is 13.6 Å². The predicted molar refractivity (Wildman–Crippen MR) is 89.9 cm³/mol. The molecule has 0 aromatic heterocycles. The summed E-state index contributed by atoms with van der Waals surface area (Å²) in [6, 6.07) is 0. The van der Waals surface area contributed by atoms with Gasteiger partial charge < -0.3 is 19.9 Å². The number of carbonyl (C=O) groups excluding carboxylic acids is 3. The van der Waals surface area contributed by atoms with Gasteiger partial charge in [0.25, 0.3) is 0 Å². The third-order valence-electron chi connectivity index (χ3n) is 3.51. The molecule has 25 heavy (non-hydrogen) atoms. The Bertz CT molecular complexity index is 474. The molecule has 0 spiro atoms. The van der Waals surface area contributed by atoms with Gasteiger partial charge in [0, 0.05) is 0 Å². The van der Waals surface area contributed by atoms with Crippen molar-refractivity contribution in [1.29, 1.82) is 0 Å². The minimum Gasteiger partial charge on any atom is -0.481 e. The summed E-state index contributed by atoms with van der Waals surface area (Å²) < 4.78 is 10.4. The van der Waals surface area contributed by atoms with Crippen molar-refractivity contribution in [2.45, 2.75) is 59.2 Å². The number of ether oxygens (including phenoxy) is 2. The van der Waals surface area contributed by atoms with Gasteiger partial charge in [-0.15, -0.1) is 0 Å². The molecule has 0 aliphatic carbocycles. The van der Waals surface area contributed by atoms with Gasteiger partial charge in [0.15, 0.2) is 5.78 Å². The largest absolute Gasteiger partial charge is 0.481 e. The van der Waals surface area contributed by atoms with Crippen LogP contribution in [0.25, 0.3) is 0 Å². The maximum absolute atomic E-state index is 12.1. The SMILES string of the molecule is CNCC(=O)CC(=O)O[C@@H](CC(=O)O[C@@H](CC(=O)O)C(C)C)C(C)C. The summed E-state index contributed by atoms with van der Waals surface area (Å²) in [6.07, 6.45) is -2.32. The summed E-state index contributed by atoms with van der Waals surface area (Å²) >= 11 is 0. The highest BCUT2D eigenvalue weighted by Gasteiger charge is 2.27. The van der Waals surface area contributed by atoms with Crippen molar-refractivity contribution in [1.82, 2.24) is 5.32 Å². The molecule has 2 N–H and O–H groups in total. The van der Waals surface area contributed by atoms with Gasteiger partial charge in [0.2, 0.25) is 0 Å². The minimum absolute atomic E-state index is 0.0642. The zero-order valence-corrected chi connectivity index (χ0v) is 15.5. The molecule has 0 rings (SSSR count). The van der Waals surface area contributed by atoms with Gasteiger partial charge in [0.1, 0.15) is 18.6 Å². The van der Waals surface area contributed by atoms with Crippen molar-refractivity contribution in [2.24, 2.45) is 11.8 Å². The highest BCUT2D eigenvalue weighted by molar-refractivity contribution is 5.96. The van der Waals surface area contributed by atoms with Crippen LogP contribution in [-0.4, -0.2) is 54.6 Å². The second-order valence-corrected chi connectivity index (χ2v) is 6.59. The lowest BCUT2D eigenvalue weighted by atomic mass is 10.0.